The van der Waals surface area contributed by atoms with E-state index >= 15 is 0 Å². The lowest BCUT2D eigenvalue weighted by atomic mass is 9.88. The predicted molar refractivity (Wildman–Crippen MR) is 39.6 cm³/mol. The number of rotatable bonds is 1. The van der Waals surface area contributed by atoms with E-state index in [0.29, 0.717) is 12.8 Å². The van der Waals surface area contributed by atoms with Crippen LogP contribution < -0.4 is 11.1 Å². The molecule has 1 aliphatic heterocycles. The van der Waals surface area contributed by atoms with Crippen LogP contribution >= 0.6 is 0 Å². The van der Waals surface area contributed by atoms with Crippen molar-refractivity contribution in [3.63, 3.8) is 0 Å². The second-order valence-electron chi connectivity index (χ2n) is 3.07. The zero-order valence-electron chi connectivity index (χ0n) is 6.36. The van der Waals surface area contributed by atoms with Crippen molar-refractivity contribution in [1.82, 2.24) is 5.32 Å². The van der Waals surface area contributed by atoms with Crippen LogP contribution in [-0.2, 0) is 0 Å². The Morgan fingerprint density at radius 3 is 2.30 bits per heavy atom. The van der Waals surface area contributed by atoms with E-state index in [2.05, 4.69) is 5.32 Å². The maximum atomic E-state index is 13.5. The van der Waals surface area contributed by atoms with Crippen LogP contribution in [0, 0.1) is 0 Å². The first-order valence-electron chi connectivity index (χ1n) is 3.80. The van der Waals surface area contributed by atoms with Crippen LogP contribution in [0.25, 0.3) is 0 Å². The zero-order valence-corrected chi connectivity index (χ0v) is 6.36. The van der Waals surface area contributed by atoms with Crippen LogP contribution in [-0.4, -0.2) is 24.8 Å². The summed E-state index contributed by atoms with van der Waals surface area (Å²) in [5.41, 5.74) is 4.39. The summed E-state index contributed by atoms with van der Waals surface area (Å²) < 4.78 is 13.5. The molecule has 2 nitrogen and oxygen atoms in total. The van der Waals surface area contributed by atoms with Gasteiger partial charge in [-0.3, -0.25) is 0 Å². The molecule has 1 aliphatic rings. The van der Waals surface area contributed by atoms with Gasteiger partial charge in [-0.05, 0) is 32.9 Å². The van der Waals surface area contributed by atoms with Crippen molar-refractivity contribution >= 4 is 0 Å². The molecule has 0 bridgehead atoms. The second-order valence-corrected chi connectivity index (χ2v) is 3.07. The Hall–Kier alpha value is -0.150. The van der Waals surface area contributed by atoms with E-state index in [1.165, 1.54) is 0 Å². The molecule has 0 spiro atoms. The molecule has 0 amide bonds. The van der Waals surface area contributed by atoms with Crippen molar-refractivity contribution in [2.45, 2.75) is 31.5 Å². The highest BCUT2D eigenvalue weighted by Gasteiger charge is 2.35. The average molecular weight is 146 g/mol. The molecule has 1 saturated heterocycles. The molecule has 0 aromatic carbocycles. The van der Waals surface area contributed by atoms with Gasteiger partial charge in [0, 0.05) is 6.04 Å². The maximum absolute atomic E-state index is 13.5. The molecule has 1 fully saturated rings. The molecular weight excluding hydrogens is 131 g/mol. The summed E-state index contributed by atoms with van der Waals surface area (Å²) in [6.07, 6.45) is 1.12. The average Bonchev–Trinajstić information content (AvgIpc) is 1.89. The Morgan fingerprint density at radius 1 is 1.50 bits per heavy atom. The van der Waals surface area contributed by atoms with Gasteiger partial charge in [-0.2, -0.15) is 0 Å². The molecule has 10 heavy (non-hydrogen) atoms. The molecule has 1 atom stereocenters. The van der Waals surface area contributed by atoms with Gasteiger partial charge >= 0.3 is 0 Å². The first kappa shape index (κ1) is 7.95. The molecule has 3 N–H and O–H groups in total. The highest BCUT2D eigenvalue weighted by Crippen LogP contribution is 2.25. The molecule has 0 aromatic rings. The van der Waals surface area contributed by atoms with Crippen molar-refractivity contribution in [1.29, 1.82) is 0 Å². The lowest BCUT2D eigenvalue weighted by Gasteiger charge is -2.33. The van der Waals surface area contributed by atoms with Crippen molar-refractivity contribution in [3.05, 3.63) is 0 Å². The molecule has 3 heteroatoms. The summed E-state index contributed by atoms with van der Waals surface area (Å²) in [5, 5.41) is 3.10. The van der Waals surface area contributed by atoms with Crippen molar-refractivity contribution in [2.24, 2.45) is 5.73 Å². The number of piperidine rings is 1. The van der Waals surface area contributed by atoms with E-state index in [1.54, 1.807) is 6.92 Å². The third kappa shape index (κ3) is 1.47. The van der Waals surface area contributed by atoms with Crippen molar-refractivity contribution in [3.8, 4) is 0 Å². The van der Waals surface area contributed by atoms with Crippen LogP contribution in [0.5, 0.6) is 0 Å². The summed E-state index contributed by atoms with van der Waals surface area (Å²) in [7, 11) is 0. The highest BCUT2D eigenvalue weighted by atomic mass is 19.1. The number of nitrogens with one attached hydrogen (secondary N) is 1. The molecule has 0 saturated carbocycles. The van der Waals surface area contributed by atoms with Crippen LogP contribution in [0.1, 0.15) is 19.8 Å². The second kappa shape index (κ2) is 2.84. The summed E-state index contributed by atoms with van der Waals surface area (Å²) in [5.74, 6) is 0. The van der Waals surface area contributed by atoms with Gasteiger partial charge in [-0.25, -0.2) is 4.39 Å². The van der Waals surface area contributed by atoms with Gasteiger partial charge in [0.2, 0.25) is 0 Å². The van der Waals surface area contributed by atoms with E-state index in [0.717, 1.165) is 13.1 Å². The van der Waals surface area contributed by atoms with Crippen LogP contribution in [0.4, 0.5) is 4.39 Å². The van der Waals surface area contributed by atoms with Gasteiger partial charge in [0.1, 0.15) is 5.67 Å². The van der Waals surface area contributed by atoms with Gasteiger partial charge in [0.15, 0.2) is 0 Å². The van der Waals surface area contributed by atoms with Gasteiger partial charge in [0.05, 0.1) is 0 Å². The summed E-state index contributed by atoms with van der Waals surface area (Å²) in [6, 6.07) is -0.324. The fourth-order valence-electron chi connectivity index (χ4n) is 1.30. The largest absolute Gasteiger partial charge is 0.325 e. The third-order valence-electron chi connectivity index (χ3n) is 2.25. The third-order valence-corrected chi connectivity index (χ3v) is 2.25. The van der Waals surface area contributed by atoms with E-state index in [1.807, 2.05) is 0 Å². The monoisotopic (exact) mass is 146 g/mol. The fraction of sp³-hybridized carbons (Fsp3) is 1.00. The predicted octanol–water partition coefficient (Wildman–Crippen LogP) is 0.425. The Morgan fingerprint density at radius 2 is 2.00 bits per heavy atom. The normalized spacial score (nSPS) is 27.9. The molecule has 1 unspecified atom stereocenters. The van der Waals surface area contributed by atoms with Crippen LogP contribution in [0.2, 0.25) is 0 Å². The summed E-state index contributed by atoms with van der Waals surface area (Å²) in [6.45, 7) is 3.27. The Balaban J connectivity index is 2.48. The Bertz CT molecular complexity index is 108. The summed E-state index contributed by atoms with van der Waals surface area (Å²) >= 11 is 0. The number of halogens is 1. The van der Waals surface area contributed by atoms with E-state index < -0.39 is 5.67 Å². The zero-order chi connectivity index (χ0) is 7.61. The van der Waals surface area contributed by atoms with Gasteiger partial charge < -0.3 is 11.1 Å². The van der Waals surface area contributed by atoms with E-state index in [4.69, 9.17) is 5.73 Å². The van der Waals surface area contributed by atoms with Gasteiger partial charge in [-0.15, -0.1) is 0 Å². The minimum absolute atomic E-state index is 0.324. The van der Waals surface area contributed by atoms with Gasteiger partial charge in [-0.1, -0.05) is 0 Å². The summed E-state index contributed by atoms with van der Waals surface area (Å²) in [4.78, 5) is 0. The molecular formula is C7H15FN2. The molecule has 1 rings (SSSR count). The first-order valence-corrected chi connectivity index (χ1v) is 3.80. The topological polar surface area (TPSA) is 38.0 Å². The molecule has 0 aromatic heterocycles. The quantitative estimate of drug-likeness (QED) is 0.563. The molecule has 0 radical (unpaired) electrons. The smallest absolute Gasteiger partial charge is 0.128 e. The number of hydrogen-bond acceptors (Lipinski definition) is 2. The number of hydrogen-bond donors (Lipinski definition) is 2. The lowest BCUT2D eigenvalue weighted by molar-refractivity contribution is 0.0904. The van der Waals surface area contributed by atoms with Gasteiger partial charge in [0.25, 0.3) is 0 Å². The minimum Gasteiger partial charge on any atom is -0.325 e. The minimum atomic E-state index is -1.11. The number of nitrogens with two attached hydrogens (primary N) is 1. The molecule has 1 heterocycles. The fourth-order valence-corrected chi connectivity index (χ4v) is 1.30. The van der Waals surface area contributed by atoms with Crippen molar-refractivity contribution in [2.75, 3.05) is 13.1 Å². The first-order chi connectivity index (χ1) is 4.65. The Labute approximate surface area is 61.0 Å². The van der Waals surface area contributed by atoms with E-state index in [-0.39, 0.29) is 6.04 Å². The Kier molecular flexibility index (Phi) is 2.26. The van der Waals surface area contributed by atoms with Crippen LogP contribution in [0.15, 0.2) is 0 Å². The molecule has 60 valence electrons. The maximum Gasteiger partial charge on any atom is 0.128 e. The highest BCUT2D eigenvalue weighted by molar-refractivity contribution is 4.91. The van der Waals surface area contributed by atoms with Crippen molar-refractivity contribution < 1.29 is 4.39 Å². The molecule has 0 aliphatic carbocycles. The van der Waals surface area contributed by atoms with E-state index in [9.17, 15) is 4.39 Å². The van der Waals surface area contributed by atoms with Crippen LogP contribution in [0.3, 0.4) is 0 Å². The lowest BCUT2D eigenvalue weighted by Crippen LogP contribution is -2.49. The SMILES string of the molecule is CC(N)C1(F)CCNCC1. The number of alkyl halides is 1. The standard InChI is InChI=1S/C7H15FN2/c1-6(9)7(8)2-4-10-5-3-7/h6,10H,2-5,9H2,1H3.